The van der Waals surface area contributed by atoms with E-state index in [4.69, 9.17) is 5.11 Å². The smallest absolute Gasteiger partial charge is 0.227 e. The lowest BCUT2D eigenvalue weighted by Crippen LogP contribution is -2.10. The molecule has 3 N–H and O–H groups in total. The molecule has 0 spiro atoms. The molecule has 0 aromatic heterocycles. The molecule has 0 aliphatic heterocycles. The second kappa shape index (κ2) is 10.2. The van der Waals surface area contributed by atoms with Crippen molar-refractivity contribution in [1.82, 2.24) is 0 Å². The maximum Gasteiger partial charge on any atom is 0.227 e. The van der Waals surface area contributed by atoms with Crippen molar-refractivity contribution < 1.29 is 9.90 Å². The first-order valence-electron chi connectivity index (χ1n) is 2.14. The topological polar surface area (TPSA) is 63.3 Å². The zero-order valence-corrected chi connectivity index (χ0v) is 6.88. The summed E-state index contributed by atoms with van der Waals surface area (Å²) in [5.74, 6) is -0.259. The number of aliphatic hydroxyl groups is 1. The van der Waals surface area contributed by atoms with Gasteiger partial charge in [-0.3, -0.25) is 4.79 Å². The van der Waals surface area contributed by atoms with Crippen molar-refractivity contribution in [2.45, 2.75) is 6.92 Å². The molecular weight excluding hydrogens is 221 g/mol. The minimum Gasteiger partial charge on any atom is -0.397 e. The van der Waals surface area contributed by atoms with E-state index in [-0.39, 0.29) is 12.5 Å². The number of nitrogens with two attached hydrogens (primary N) is 1. The highest BCUT2D eigenvalue weighted by molar-refractivity contribution is 14.1. The number of halogens is 1. The van der Waals surface area contributed by atoms with Gasteiger partial charge in [-0.05, 0) is 6.92 Å². The van der Waals surface area contributed by atoms with Crippen molar-refractivity contribution in [2.75, 3.05) is 11.0 Å². The maximum absolute atomic E-state index is 9.58. The average molecular weight is 231 g/mol. The Hall–Kier alpha value is 0.160. The van der Waals surface area contributed by atoms with Gasteiger partial charge in [-0.25, -0.2) is 0 Å². The van der Waals surface area contributed by atoms with Crippen LogP contribution in [0, 0.1) is 0 Å². The second-order valence-corrected chi connectivity index (χ2v) is 1.68. The summed E-state index contributed by atoms with van der Waals surface area (Å²) in [4.78, 5) is 9.58. The van der Waals surface area contributed by atoms with Crippen molar-refractivity contribution in [2.24, 2.45) is 5.73 Å². The summed E-state index contributed by atoms with van der Waals surface area (Å²) in [5.41, 5.74) is 4.65. The first-order chi connectivity index (χ1) is 3.68. The fraction of sp³-hybridized carbons (Fsp3) is 0.750. The van der Waals surface area contributed by atoms with Crippen LogP contribution in [0.4, 0.5) is 0 Å². The number of primary amides is 1. The third-order valence-corrected chi connectivity index (χ3v) is 0.884. The Bertz CT molecular complexity index is 58.0. The van der Waals surface area contributed by atoms with Crippen LogP contribution in [0.5, 0.6) is 0 Å². The van der Waals surface area contributed by atoms with Gasteiger partial charge in [-0.1, -0.05) is 22.6 Å². The number of carbonyl (C=O) groups is 1. The molecule has 0 rings (SSSR count). The molecule has 0 fully saturated rings. The van der Waals surface area contributed by atoms with Gasteiger partial charge in [0.15, 0.2) is 0 Å². The Morgan fingerprint density at radius 3 is 2.00 bits per heavy atom. The van der Waals surface area contributed by atoms with E-state index in [1.54, 1.807) is 6.92 Å². The Balaban J connectivity index is 0. The molecule has 0 saturated carbocycles. The molecule has 50 valence electrons. The average Bonchev–Trinajstić information content (AvgIpc) is 1.69. The van der Waals surface area contributed by atoms with Crippen LogP contribution in [-0.4, -0.2) is 22.0 Å². The normalized spacial score (nSPS) is 6.88. The Morgan fingerprint density at radius 1 is 1.88 bits per heavy atom. The van der Waals surface area contributed by atoms with Crippen molar-refractivity contribution in [1.29, 1.82) is 0 Å². The fourth-order valence-electron chi connectivity index (χ4n) is 0. The zero-order chi connectivity index (χ0) is 6.99. The predicted octanol–water partition coefficient (Wildman–Crippen LogP) is -0.0947. The monoisotopic (exact) mass is 231 g/mol. The van der Waals surface area contributed by atoms with Crippen molar-refractivity contribution in [3.63, 3.8) is 0 Å². The first-order valence-corrected chi connectivity index (χ1v) is 3.66. The summed E-state index contributed by atoms with van der Waals surface area (Å²) in [6.45, 7) is 1.93. The third-order valence-electron chi connectivity index (χ3n) is 0.132. The number of rotatable bonds is 1. The molecule has 8 heavy (non-hydrogen) atoms. The molecule has 0 aromatic carbocycles. The molecule has 0 bridgehead atoms. The van der Waals surface area contributed by atoms with Crippen LogP contribution in [-0.2, 0) is 4.79 Å². The van der Waals surface area contributed by atoms with Crippen LogP contribution >= 0.6 is 22.6 Å². The van der Waals surface area contributed by atoms with Gasteiger partial charge in [0.2, 0.25) is 5.91 Å². The standard InChI is InChI=1S/C2H4INO.C2H6O/c3-1-2(4)5;1-2-3/h1H2,(H2,4,5);3H,2H2,1H3. The van der Waals surface area contributed by atoms with E-state index in [1.807, 2.05) is 22.6 Å². The molecule has 0 aliphatic rings. The molecule has 0 atom stereocenters. The number of hydrogen-bond acceptors (Lipinski definition) is 2. The number of carbonyl (C=O) groups excluding carboxylic acids is 1. The number of hydrogen-bond donors (Lipinski definition) is 2. The maximum atomic E-state index is 9.58. The molecular formula is C4H10INO2. The van der Waals surface area contributed by atoms with Gasteiger partial charge in [-0.2, -0.15) is 0 Å². The zero-order valence-electron chi connectivity index (χ0n) is 4.72. The summed E-state index contributed by atoms with van der Waals surface area (Å²) in [5, 5.41) is 7.57. The molecule has 0 aliphatic carbocycles. The Labute approximate surface area is 62.4 Å². The molecule has 0 heterocycles. The highest BCUT2D eigenvalue weighted by Gasteiger charge is 1.79. The fourth-order valence-corrected chi connectivity index (χ4v) is 0. The van der Waals surface area contributed by atoms with Crippen LogP contribution in [0.2, 0.25) is 0 Å². The lowest BCUT2D eigenvalue weighted by atomic mass is 10.8. The molecule has 3 nitrogen and oxygen atoms in total. The molecule has 0 unspecified atom stereocenters. The van der Waals surface area contributed by atoms with Crippen LogP contribution in [0.1, 0.15) is 6.92 Å². The molecule has 0 radical (unpaired) electrons. The van der Waals surface area contributed by atoms with E-state index >= 15 is 0 Å². The van der Waals surface area contributed by atoms with Gasteiger partial charge >= 0.3 is 0 Å². The third kappa shape index (κ3) is 35.2. The van der Waals surface area contributed by atoms with E-state index in [0.29, 0.717) is 4.43 Å². The summed E-state index contributed by atoms with van der Waals surface area (Å²) in [6, 6.07) is 0. The van der Waals surface area contributed by atoms with Gasteiger partial charge in [0.1, 0.15) is 0 Å². The lowest BCUT2D eigenvalue weighted by molar-refractivity contribution is -0.115. The van der Waals surface area contributed by atoms with Crippen molar-refractivity contribution in [3.8, 4) is 0 Å². The molecule has 0 saturated heterocycles. The van der Waals surface area contributed by atoms with Crippen LogP contribution in [0.15, 0.2) is 0 Å². The summed E-state index contributed by atoms with van der Waals surface area (Å²) < 4.78 is 0.414. The minimum atomic E-state index is -0.259. The van der Waals surface area contributed by atoms with Crippen LogP contribution in [0.3, 0.4) is 0 Å². The lowest BCUT2D eigenvalue weighted by Gasteiger charge is -1.71. The van der Waals surface area contributed by atoms with E-state index in [2.05, 4.69) is 5.73 Å². The predicted molar refractivity (Wildman–Crippen MR) is 40.8 cm³/mol. The number of amides is 1. The van der Waals surface area contributed by atoms with E-state index < -0.39 is 0 Å². The first kappa shape index (κ1) is 11.0. The van der Waals surface area contributed by atoms with Gasteiger partial charge < -0.3 is 10.8 Å². The van der Waals surface area contributed by atoms with E-state index in [1.165, 1.54) is 0 Å². The molecule has 4 heteroatoms. The second-order valence-electron chi connectivity index (χ2n) is 0.916. The highest BCUT2D eigenvalue weighted by Crippen LogP contribution is 1.72. The largest absolute Gasteiger partial charge is 0.397 e. The Kier molecular flexibility index (Phi) is 14.1. The van der Waals surface area contributed by atoms with Gasteiger partial charge in [0.25, 0.3) is 0 Å². The van der Waals surface area contributed by atoms with Crippen molar-refractivity contribution >= 4 is 28.5 Å². The van der Waals surface area contributed by atoms with Crippen LogP contribution in [0.25, 0.3) is 0 Å². The van der Waals surface area contributed by atoms with Crippen molar-refractivity contribution in [3.05, 3.63) is 0 Å². The SMILES string of the molecule is CCO.NC(=O)CI. The quantitative estimate of drug-likeness (QED) is 0.489. The number of alkyl halides is 1. The number of aliphatic hydroxyl groups excluding tert-OH is 1. The van der Waals surface area contributed by atoms with Gasteiger partial charge in [0, 0.05) is 6.61 Å². The summed E-state index contributed by atoms with van der Waals surface area (Å²) in [6.07, 6.45) is 0. The molecule has 1 amide bonds. The van der Waals surface area contributed by atoms with E-state index in [9.17, 15) is 4.79 Å². The molecule has 0 aromatic rings. The summed E-state index contributed by atoms with van der Waals surface area (Å²) in [7, 11) is 0. The van der Waals surface area contributed by atoms with E-state index in [0.717, 1.165) is 0 Å². The van der Waals surface area contributed by atoms with Crippen LogP contribution < -0.4 is 5.73 Å². The minimum absolute atomic E-state index is 0.250. The highest BCUT2D eigenvalue weighted by atomic mass is 127. The van der Waals surface area contributed by atoms with Gasteiger partial charge in [-0.15, -0.1) is 0 Å². The summed E-state index contributed by atoms with van der Waals surface area (Å²) >= 11 is 1.90. The van der Waals surface area contributed by atoms with Gasteiger partial charge in [0.05, 0.1) is 4.43 Å². The Morgan fingerprint density at radius 2 is 2.00 bits per heavy atom.